The first-order valence-electron chi connectivity index (χ1n) is 13.9. The van der Waals surface area contributed by atoms with Crippen LogP contribution in [-0.2, 0) is 35.3 Å². The normalized spacial score (nSPS) is 14.6. The van der Waals surface area contributed by atoms with Gasteiger partial charge in [0.15, 0.2) is 5.82 Å². The van der Waals surface area contributed by atoms with Gasteiger partial charge in [-0.15, -0.1) is 10.2 Å². The zero-order valence-corrected chi connectivity index (χ0v) is 23.0. The molecule has 1 amide bonds. The molecule has 2 N–H and O–H groups in total. The van der Waals surface area contributed by atoms with E-state index in [-0.39, 0.29) is 31.0 Å². The molecule has 0 fully saturated rings. The number of nitrogens with zero attached hydrogens (tertiary/aromatic N) is 2. The highest BCUT2D eigenvalue weighted by atomic mass is 19.4. The van der Waals surface area contributed by atoms with E-state index in [1.807, 2.05) is 13.8 Å². The van der Waals surface area contributed by atoms with Crippen LogP contribution in [0.4, 0.5) is 19.0 Å². The number of amides is 1. The summed E-state index contributed by atoms with van der Waals surface area (Å²) in [5, 5.41) is 15.7. The van der Waals surface area contributed by atoms with Crippen LogP contribution in [0.3, 0.4) is 0 Å². The zero-order valence-electron chi connectivity index (χ0n) is 23.0. The highest BCUT2D eigenvalue weighted by Gasteiger charge is 2.32. The summed E-state index contributed by atoms with van der Waals surface area (Å²) in [7, 11) is 0. The van der Waals surface area contributed by atoms with Crippen molar-refractivity contribution in [3.05, 3.63) is 40.5 Å². The second-order valence-corrected chi connectivity index (χ2v) is 10.4. The zero-order chi connectivity index (χ0) is 27.7. The van der Waals surface area contributed by atoms with Crippen molar-refractivity contribution in [1.82, 2.24) is 15.5 Å². The van der Waals surface area contributed by atoms with Crippen LogP contribution in [0, 0.1) is 5.92 Å². The van der Waals surface area contributed by atoms with Gasteiger partial charge in [0.25, 0.3) is 0 Å². The molecular weight excluding hydrogens is 493 g/mol. The fraction of sp³-hybridized carbons (Fsp3) is 0.621. The van der Waals surface area contributed by atoms with Crippen LogP contribution in [0.25, 0.3) is 11.3 Å². The van der Waals surface area contributed by atoms with E-state index in [0.29, 0.717) is 42.1 Å². The average molecular weight is 535 g/mol. The number of hydrogen-bond acceptors (Lipinski definition) is 5. The van der Waals surface area contributed by atoms with Gasteiger partial charge in [0, 0.05) is 36.2 Å². The Morgan fingerprint density at radius 2 is 1.92 bits per heavy atom. The second-order valence-electron chi connectivity index (χ2n) is 10.4. The number of hydrogen-bond donors (Lipinski definition) is 2. The van der Waals surface area contributed by atoms with Crippen LogP contribution in [0.5, 0.6) is 0 Å². The Morgan fingerprint density at radius 3 is 2.61 bits per heavy atom. The molecule has 38 heavy (non-hydrogen) atoms. The molecule has 0 bridgehead atoms. The summed E-state index contributed by atoms with van der Waals surface area (Å²) >= 11 is 0. The number of rotatable bonds is 11. The lowest BCUT2D eigenvalue weighted by Crippen LogP contribution is -2.29. The number of unbranched alkanes of at least 4 members (excludes halogenated alkanes) is 3. The predicted molar refractivity (Wildman–Crippen MR) is 144 cm³/mol. The third kappa shape index (κ3) is 7.91. The number of nitrogens with one attached hydrogen (secondary N) is 2. The van der Waals surface area contributed by atoms with Gasteiger partial charge in [0.05, 0.1) is 17.9 Å². The first-order chi connectivity index (χ1) is 18.2. The number of anilines is 1. The van der Waals surface area contributed by atoms with E-state index in [0.717, 1.165) is 42.5 Å². The third-order valence-corrected chi connectivity index (χ3v) is 7.05. The van der Waals surface area contributed by atoms with E-state index >= 15 is 0 Å². The molecule has 210 valence electrons. The van der Waals surface area contributed by atoms with Crippen LogP contribution in [0.15, 0.2) is 18.2 Å². The van der Waals surface area contributed by atoms with Crippen molar-refractivity contribution in [1.29, 1.82) is 0 Å². The van der Waals surface area contributed by atoms with Gasteiger partial charge < -0.3 is 15.4 Å². The minimum absolute atomic E-state index is 0.0649. The molecule has 6 nitrogen and oxygen atoms in total. The van der Waals surface area contributed by atoms with Gasteiger partial charge in [-0.1, -0.05) is 59.4 Å². The van der Waals surface area contributed by atoms with Crippen molar-refractivity contribution in [2.75, 3.05) is 11.9 Å². The summed E-state index contributed by atoms with van der Waals surface area (Å²) in [5.41, 5.74) is 2.57. The van der Waals surface area contributed by atoms with Crippen molar-refractivity contribution in [3.8, 4) is 11.3 Å². The monoisotopic (exact) mass is 534 g/mol. The van der Waals surface area contributed by atoms with Gasteiger partial charge >= 0.3 is 6.18 Å². The van der Waals surface area contributed by atoms with Gasteiger partial charge in [0.2, 0.25) is 5.91 Å². The topological polar surface area (TPSA) is 76.1 Å². The second kappa shape index (κ2) is 13.9. The van der Waals surface area contributed by atoms with Crippen LogP contribution < -0.4 is 10.6 Å². The lowest BCUT2D eigenvalue weighted by Gasteiger charge is -2.23. The SMILES string of the molecule is CCCCCCC(CC)Nc1nnc2c(c1CNC(=O)C(C)C)CCCOCc1cc(C(F)(F)F)ccc1-2. The summed E-state index contributed by atoms with van der Waals surface area (Å²) in [6.45, 7) is 8.74. The molecule has 2 aromatic rings. The van der Waals surface area contributed by atoms with E-state index in [2.05, 4.69) is 34.7 Å². The Bertz CT molecular complexity index is 1070. The standard InChI is InChI=1S/C29H41F3N4O2/c1-5-7-8-9-11-22(6-2)34-27-25(17-33-28(37)19(3)4)24-12-10-15-38-18-20-16-21(29(30,31)32)13-14-23(20)26(24)35-36-27/h13-14,16,19,22H,5-12,15,17-18H2,1-4H3,(H,33,37)(H,34,36). The molecule has 0 saturated heterocycles. The van der Waals surface area contributed by atoms with E-state index in [1.165, 1.54) is 25.3 Å². The van der Waals surface area contributed by atoms with E-state index in [1.54, 1.807) is 0 Å². The quantitative estimate of drug-likeness (QED) is 0.302. The molecule has 9 heteroatoms. The molecule has 0 spiro atoms. The molecule has 1 aliphatic rings. The molecule has 0 saturated carbocycles. The molecule has 1 unspecified atom stereocenters. The van der Waals surface area contributed by atoms with Gasteiger partial charge in [-0.05, 0) is 48.9 Å². The molecule has 1 atom stereocenters. The van der Waals surface area contributed by atoms with Crippen molar-refractivity contribution in [2.45, 2.75) is 104 Å². The molecule has 0 aliphatic carbocycles. The highest BCUT2D eigenvalue weighted by Crippen LogP contribution is 2.37. The molecule has 1 aromatic heterocycles. The van der Waals surface area contributed by atoms with Crippen LogP contribution in [0.1, 0.15) is 94.9 Å². The molecule has 3 rings (SSSR count). The summed E-state index contributed by atoms with van der Waals surface area (Å²) < 4.78 is 46.1. The number of carbonyl (C=O) groups excluding carboxylic acids is 1. The van der Waals surface area contributed by atoms with Crippen LogP contribution in [-0.4, -0.2) is 28.8 Å². The predicted octanol–water partition coefficient (Wildman–Crippen LogP) is 7.06. The fourth-order valence-corrected chi connectivity index (χ4v) is 4.72. The smallest absolute Gasteiger partial charge is 0.377 e. The molecule has 1 aliphatic heterocycles. The van der Waals surface area contributed by atoms with Gasteiger partial charge in [0.1, 0.15) is 0 Å². The number of alkyl halides is 3. The van der Waals surface area contributed by atoms with Crippen molar-refractivity contribution < 1.29 is 22.7 Å². The molecular formula is C29H41F3N4O2. The van der Waals surface area contributed by atoms with Gasteiger partial charge in [-0.2, -0.15) is 13.2 Å². The Balaban J connectivity index is 2.06. The van der Waals surface area contributed by atoms with Gasteiger partial charge in [-0.25, -0.2) is 0 Å². The van der Waals surface area contributed by atoms with E-state index in [4.69, 9.17) is 4.74 Å². The number of ether oxygens (including phenoxy) is 1. The molecule has 2 heterocycles. The Hall–Kier alpha value is -2.68. The molecule has 0 radical (unpaired) electrons. The van der Waals surface area contributed by atoms with Gasteiger partial charge in [-0.3, -0.25) is 4.79 Å². The number of carbonyl (C=O) groups is 1. The van der Waals surface area contributed by atoms with Crippen LogP contribution >= 0.6 is 0 Å². The van der Waals surface area contributed by atoms with Crippen molar-refractivity contribution >= 4 is 11.7 Å². The number of benzene rings is 1. The lowest BCUT2D eigenvalue weighted by atomic mass is 9.94. The molecule has 1 aromatic carbocycles. The van der Waals surface area contributed by atoms with E-state index in [9.17, 15) is 18.0 Å². The van der Waals surface area contributed by atoms with E-state index < -0.39 is 11.7 Å². The minimum Gasteiger partial charge on any atom is -0.377 e. The number of aromatic nitrogens is 2. The first-order valence-corrected chi connectivity index (χ1v) is 13.9. The van der Waals surface area contributed by atoms with Crippen molar-refractivity contribution in [2.24, 2.45) is 5.92 Å². The first kappa shape index (κ1) is 29.9. The maximum absolute atomic E-state index is 13.4. The average Bonchev–Trinajstić information content (AvgIpc) is 2.97. The lowest BCUT2D eigenvalue weighted by molar-refractivity contribution is -0.137. The minimum atomic E-state index is -4.45. The Morgan fingerprint density at radius 1 is 1.13 bits per heavy atom. The summed E-state index contributed by atoms with van der Waals surface area (Å²) in [4.78, 5) is 12.5. The number of halogens is 3. The Labute approximate surface area is 224 Å². The largest absolute Gasteiger partial charge is 0.416 e. The summed E-state index contributed by atoms with van der Waals surface area (Å²) in [6, 6.07) is 3.90. The summed E-state index contributed by atoms with van der Waals surface area (Å²) in [6.07, 6.45) is 3.44. The summed E-state index contributed by atoms with van der Waals surface area (Å²) in [5.74, 6) is 0.376. The fourth-order valence-electron chi connectivity index (χ4n) is 4.72. The van der Waals surface area contributed by atoms with Crippen LogP contribution in [0.2, 0.25) is 0 Å². The maximum Gasteiger partial charge on any atom is 0.416 e. The maximum atomic E-state index is 13.4. The highest BCUT2D eigenvalue weighted by molar-refractivity contribution is 5.78. The van der Waals surface area contributed by atoms with Crippen molar-refractivity contribution in [3.63, 3.8) is 0 Å². The third-order valence-electron chi connectivity index (χ3n) is 7.05. The Kier molecular flexibility index (Phi) is 10.9. The number of fused-ring (bicyclic) bond motifs is 3.